The zero-order valence-corrected chi connectivity index (χ0v) is 12.7. The molecule has 3 aromatic rings. The maximum atomic E-state index is 6.11. The summed E-state index contributed by atoms with van der Waals surface area (Å²) in [6.45, 7) is 4.43. The van der Waals surface area contributed by atoms with Crippen LogP contribution in [-0.2, 0) is 6.54 Å². The van der Waals surface area contributed by atoms with Gasteiger partial charge in [-0.1, -0.05) is 11.6 Å². The van der Waals surface area contributed by atoms with E-state index in [1.807, 2.05) is 13.8 Å². The summed E-state index contributed by atoms with van der Waals surface area (Å²) in [4.78, 5) is 12.7. The lowest BCUT2D eigenvalue weighted by Gasteiger charge is -2.12. The van der Waals surface area contributed by atoms with E-state index in [-0.39, 0.29) is 0 Å². The van der Waals surface area contributed by atoms with Gasteiger partial charge in [0, 0.05) is 23.5 Å². The first kappa shape index (κ1) is 13.8. The third kappa shape index (κ3) is 2.31. The summed E-state index contributed by atoms with van der Waals surface area (Å²) < 4.78 is 7.15. The highest BCUT2D eigenvalue weighted by atomic mass is 35.5. The molecular weight excluding hydrogens is 290 g/mol. The fourth-order valence-electron chi connectivity index (χ4n) is 2.36. The van der Waals surface area contributed by atoms with Gasteiger partial charge in [-0.25, -0.2) is 14.6 Å². The molecule has 0 amide bonds. The fourth-order valence-corrected chi connectivity index (χ4v) is 2.59. The first-order valence-electron chi connectivity index (χ1n) is 6.43. The number of methoxy groups -OCH3 is 1. The molecule has 0 saturated carbocycles. The highest BCUT2D eigenvalue weighted by Crippen LogP contribution is 2.26. The minimum Gasteiger partial charge on any atom is -0.496 e. The highest BCUT2D eigenvalue weighted by Gasteiger charge is 2.14. The average molecular weight is 304 g/mol. The number of fused-ring (bicyclic) bond motifs is 1. The predicted octanol–water partition coefficient (Wildman–Crippen LogP) is 2.55. The van der Waals surface area contributed by atoms with Crippen LogP contribution >= 0.6 is 11.6 Å². The average Bonchev–Trinajstić information content (AvgIpc) is 2.80. The Morgan fingerprint density at radius 3 is 2.81 bits per heavy atom. The summed E-state index contributed by atoms with van der Waals surface area (Å²) in [5, 5.41) is 5.43. The molecule has 0 saturated heterocycles. The molecule has 0 unspecified atom stereocenters. The van der Waals surface area contributed by atoms with Crippen LogP contribution in [0.25, 0.3) is 11.0 Å². The molecule has 3 rings (SSSR count). The number of ether oxygens (including phenoxy) is 1. The molecule has 0 fully saturated rings. The van der Waals surface area contributed by atoms with Crippen molar-refractivity contribution in [3.8, 4) is 5.75 Å². The van der Waals surface area contributed by atoms with Crippen LogP contribution in [0.5, 0.6) is 5.75 Å². The van der Waals surface area contributed by atoms with Crippen molar-refractivity contribution < 1.29 is 4.74 Å². The van der Waals surface area contributed by atoms with Crippen LogP contribution in [0.3, 0.4) is 0 Å². The second-order valence-corrected chi connectivity index (χ2v) is 5.11. The minimum absolute atomic E-state index is 0.391. The Balaban J connectivity index is 2.07. The van der Waals surface area contributed by atoms with Crippen molar-refractivity contribution in [2.75, 3.05) is 7.11 Å². The molecule has 0 radical (unpaired) electrons. The van der Waals surface area contributed by atoms with Crippen molar-refractivity contribution in [3.05, 3.63) is 40.7 Å². The van der Waals surface area contributed by atoms with Gasteiger partial charge in [0.05, 0.1) is 24.7 Å². The van der Waals surface area contributed by atoms with Gasteiger partial charge >= 0.3 is 0 Å². The zero-order valence-electron chi connectivity index (χ0n) is 12.0. The summed E-state index contributed by atoms with van der Waals surface area (Å²) in [6, 6.07) is 0. The lowest BCUT2D eigenvalue weighted by atomic mass is 10.1. The van der Waals surface area contributed by atoms with Crippen LogP contribution < -0.4 is 4.74 Å². The molecule has 0 aromatic carbocycles. The molecule has 0 aliphatic rings. The molecule has 0 aliphatic carbocycles. The van der Waals surface area contributed by atoms with Crippen LogP contribution in [0.2, 0.25) is 5.15 Å². The summed E-state index contributed by atoms with van der Waals surface area (Å²) in [7, 11) is 1.66. The molecule has 0 N–H and O–H groups in total. The maximum absolute atomic E-state index is 6.11. The van der Waals surface area contributed by atoms with Crippen LogP contribution in [0.1, 0.15) is 16.8 Å². The van der Waals surface area contributed by atoms with Gasteiger partial charge in [-0.2, -0.15) is 5.10 Å². The second-order valence-electron chi connectivity index (χ2n) is 4.75. The molecular formula is C14H14ClN5O. The van der Waals surface area contributed by atoms with Crippen LogP contribution in [0, 0.1) is 13.8 Å². The van der Waals surface area contributed by atoms with Crippen LogP contribution in [0.15, 0.2) is 18.7 Å². The van der Waals surface area contributed by atoms with E-state index in [2.05, 4.69) is 20.1 Å². The van der Waals surface area contributed by atoms with E-state index in [0.717, 1.165) is 28.0 Å². The number of halogens is 1. The third-order valence-corrected chi connectivity index (χ3v) is 3.69. The number of hydrogen-bond acceptors (Lipinski definition) is 5. The first-order valence-corrected chi connectivity index (χ1v) is 6.80. The van der Waals surface area contributed by atoms with Gasteiger partial charge < -0.3 is 4.74 Å². The molecule has 0 aliphatic heterocycles. The third-order valence-electron chi connectivity index (χ3n) is 3.42. The fraction of sp³-hybridized carbons (Fsp3) is 0.286. The van der Waals surface area contributed by atoms with E-state index in [1.54, 1.807) is 24.2 Å². The molecule has 3 aromatic heterocycles. The first-order chi connectivity index (χ1) is 10.1. The molecule has 3 heterocycles. The normalized spacial score (nSPS) is 11.0. The van der Waals surface area contributed by atoms with Crippen molar-refractivity contribution in [2.24, 2.45) is 0 Å². The Morgan fingerprint density at radius 1 is 1.24 bits per heavy atom. The highest BCUT2D eigenvalue weighted by molar-refractivity contribution is 6.34. The van der Waals surface area contributed by atoms with Crippen molar-refractivity contribution in [3.63, 3.8) is 0 Å². The van der Waals surface area contributed by atoms with E-state index in [9.17, 15) is 0 Å². The topological polar surface area (TPSA) is 65.7 Å². The van der Waals surface area contributed by atoms with Gasteiger partial charge in [-0.3, -0.25) is 4.98 Å². The summed E-state index contributed by atoms with van der Waals surface area (Å²) in [6.07, 6.45) is 4.93. The summed E-state index contributed by atoms with van der Waals surface area (Å²) >= 11 is 6.11. The SMILES string of the molecule is COc1c(C)cnc(Cn2nc(Cl)c3cncnc32)c1C. The Morgan fingerprint density at radius 2 is 2.05 bits per heavy atom. The minimum atomic E-state index is 0.391. The molecule has 108 valence electrons. The smallest absolute Gasteiger partial charge is 0.163 e. The van der Waals surface area contributed by atoms with Gasteiger partial charge in [-0.15, -0.1) is 0 Å². The number of rotatable bonds is 3. The molecule has 0 bridgehead atoms. The zero-order chi connectivity index (χ0) is 15.0. The van der Waals surface area contributed by atoms with Crippen molar-refractivity contribution >= 4 is 22.6 Å². The van der Waals surface area contributed by atoms with E-state index in [1.165, 1.54) is 6.33 Å². The van der Waals surface area contributed by atoms with E-state index in [4.69, 9.17) is 16.3 Å². The van der Waals surface area contributed by atoms with Crippen molar-refractivity contribution in [1.29, 1.82) is 0 Å². The summed E-state index contributed by atoms with van der Waals surface area (Å²) in [5.74, 6) is 0.845. The molecule has 7 heteroatoms. The van der Waals surface area contributed by atoms with Gasteiger partial charge in [0.1, 0.15) is 12.1 Å². The lowest BCUT2D eigenvalue weighted by molar-refractivity contribution is 0.406. The van der Waals surface area contributed by atoms with Crippen LogP contribution in [-0.4, -0.2) is 31.8 Å². The van der Waals surface area contributed by atoms with Crippen LogP contribution in [0.4, 0.5) is 0 Å². The number of hydrogen-bond donors (Lipinski definition) is 0. The van der Waals surface area contributed by atoms with E-state index in [0.29, 0.717) is 17.3 Å². The maximum Gasteiger partial charge on any atom is 0.163 e. The monoisotopic (exact) mass is 303 g/mol. The number of nitrogens with zero attached hydrogens (tertiary/aromatic N) is 5. The quantitative estimate of drug-likeness (QED) is 0.744. The molecule has 6 nitrogen and oxygen atoms in total. The predicted molar refractivity (Wildman–Crippen MR) is 79.7 cm³/mol. The Bertz CT molecular complexity index is 814. The molecule has 21 heavy (non-hydrogen) atoms. The Hall–Kier alpha value is -2.21. The second kappa shape index (κ2) is 5.29. The van der Waals surface area contributed by atoms with Crippen molar-refractivity contribution in [2.45, 2.75) is 20.4 Å². The van der Waals surface area contributed by atoms with Gasteiger partial charge in [0.2, 0.25) is 0 Å². The summed E-state index contributed by atoms with van der Waals surface area (Å²) in [5.41, 5.74) is 3.56. The Labute approximate surface area is 126 Å². The number of aromatic nitrogens is 5. The van der Waals surface area contributed by atoms with E-state index >= 15 is 0 Å². The number of aryl methyl sites for hydroxylation is 1. The molecule has 0 atom stereocenters. The molecule has 0 spiro atoms. The largest absolute Gasteiger partial charge is 0.496 e. The number of pyridine rings is 1. The van der Waals surface area contributed by atoms with Gasteiger partial charge in [0.25, 0.3) is 0 Å². The van der Waals surface area contributed by atoms with Crippen molar-refractivity contribution in [1.82, 2.24) is 24.7 Å². The Kier molecular flexibility index (Phi) is 3.47. The standard InChI is InChI=1S/C14H14ClN5O/c1-8-4-17-11(9(2)12(8)21-3)6-20-14-10(13(15)19-20)5-16-7-18-14/h4-5,7H,6H2,1-3H3. The van der Waals surface area contributed by atoms with E-state index < -0.39 is 0 Å². The van der Waals surface area contributed by atoms with Gasteiger partial charge in [-0.05, 0) is 13.8 Å². The lowest BCUT2D eigenvalue weighted by Crippen LogP contribution is -2.08. The van der Waals surface area contributed by atoms with Gasteiger partial charge in [0.15, 0.2) is 10.8 Å².